The average Bonchev–Trinajstić information content (AvgIpc) is 3.87. The van der Waals surface area contributed by atoms with E-state index in [-0.39, 0.29) is 11.8 Å². The van der Waals surface area contributed by atoms with Crippen LogP contribution in [0.5, 0.6) is 0 Å². The molecule has 0 bridgehead atoms. The molecule has 0 unspecified atom stereocenters. The van der Waals surface area contributed by atoms with Crippen molar-refractivity contribution < 1.29 is 14.7 Å². The number of rotatable bonds is 7. The summed E-state index contributed by atoms with van der Waals surface area (Å²) in [5, 5.41) is 12.6. The number of carbonyl (C=O) groups is 2. The molecule has 194 valence electrons. The minimum absolute atomic E-state index is 0.0122. The highest BCUT2D eigenvalue weighted by Crippen LogP contribution is 2.37. The Balaban J connectivity index is 1.15. The summed E-state index contributed by atoms with van der Waals surface area (Å²) in [5.41, 5.74) is 9.94. The van der Waals surface area contributed by atoms with Gasteiger partial charge < -0.3 is 20.3 Å². The smallest absolute Gasteiger partial charge is 0.254 e. The van der Waals surface area contributed by atoms with Crippen molar-refractivity contribution in [2.24, 2.45) is 5.92 Å². The number of piperazine rings is 1. The van der Waals surface area contributed by atoms with Gasteiger partial charge in [0.25, 0.3) is 11.8 Å². The number of amides is 2. The Bertz CT molecular complexity index is 1300. The van der Waals surface area contributed by atoms with Crippen molar-refractivity contribution in [3.63, 3.8) is 0 Å². The molecule has 2 saturated carbocycles. The number of benzene rings is 2. The van der Waals surface area contributed by atoms with Gasteiger partial charge in [-0.3, -0.25) is 9.59 Å². The number of nitrogens with zero attached hydrogens (tertiary/aromatic N) is 2. The van der Waals surface area contributed by atoms with Crippen LogP contribution >= 0.6 is 0 Å². The predicted octanol–water partition coefficient (Wildman–Crippen LogP) is 1.74. The van der Waals surface area contributed by atoms with Gasteiger partial charge in [0.1, 0.15) is 5.60 Å². The molecular weight excluding hydrogens is 464 g/mol. The second-order valence-electron chi connectivity index (χ2n) is 11.0. The molecule has 7 heteroatoms. The van der Waals surface area contributed by atoms with Gasteiger partial charge in [-0.15, -0.1) is 0 Å². The first kappa shape index (κ1) is 24.2. The molecule has 2 amide bonds. The maximum absolute atomic E-state index is 13.1. The minimum Gasteiger partial charge on any atom is -0.380 e. The quantitative estimate of drug-likeness (QED) is 0.505. The third kappa shape index (κ3) is 5.29. The van der Waals surface area contributed by atoms with Crippen molar-refractivity contribution in [1.29, 1.82) is 0 Å². The monoisotopic (exact) mass is 500 g/mol. The molecule has 1 saturated heterocycles. The van der Waals surface area contributed by atoms with Crippen LogP contribution in [0.3, 0.4) is 0 Å². The number of nitrogens with one attached hydrogen (secondary N) is 2. The standard InChI is InChI=1S/C30H36N4O3/c35-28(33-15-17-34(18-16-33)29(36)30(37)13-14-30)24-10-7-22(8-11-24)25-12-9-23-3-1-2-4-27(26(23)19-25)32-31-20-21-5-6-21/h3,7-12,19,21,31-32,37H,1-2,4-6,13-18,20H2. The fourth-order valence-corrected chi connectivity index (χ4v) is 5.33. The Morgan fingerprint density at radius 2 is 1.65 bits per heavy atom. The van der Waals surface area contributed by atoms with E-state index in [2.05, 4.69) is 35.1 Å². The van der Waals surface area contributed by atoms with Crippen LogP contribution in [0.25, 0.3) is 22.9 Å². The van der Waals surface area contributed by atoms with Gasteiger partial charge in [-0.2, -0.15) is 0 Å². The van der Waals surface area contributed by atoms with Crippen LogP contribution in [0.15, 0.2) is 42.5 Å². The van der Waals surface area contributed by atoms with Crippen LogP contribution in [0.4, 0.5) is 0 Å². The van der Waals surface area contributed by atoms with Crippen LogP contribution in [0, 0.1) is 5.92 Å². The molecule has 37 heavy (non-hydrogen) atoms. The van der Waals surface area contributed by atoms with Crippen LogP contribution < -0.4 is 21.3 Å². The highest BCUT2D eigenvalue weighted by Gasteiger charge is 2.50. The van der Waals surface area contributed by atoms with Crippen molar-refractivity contribution in [3.05, 3.63) is 58.5 Å². The lowest BCUT2D eigenvalue weighted by Crippen LogP contribution is -2.53. The molecule has 3 fully saturated rings. The van der Waals surface area contributed by atoms with Crippen molar-refractivity contribution in [3.8, 4) is 11.1 Å². The van der Waals surface area contributed by atoms with E-state index in [0.717, 1.165) is 42.9 Å². The molecule has 1 aliphatic heterocycles. The zero-order valence-corrected chi connectivity index (χ0v) is 21.3. The van der Waals surface area contributed by atoms with E-state index in [4.69, 9.17) is 0 Å². The SMILES string of the molecule is O=C(c1ccc(-c2ccc3c(c2)=C(NNCC2CC2)CCCC=3)cc1)N1CCN(C(=O)C2(O)CC2)CC1. The van der Waals surface area contributed by atoms with Gasteiger partial charge in [0.05, 0.1) is 0 Å². The van der Waals surface area contributed by atoms with E-state index in [1.807, 2.05) is 24.3 Å². The van der Waals surface area contributed by atoms with E-state index < -0.39 is 5.60 Å². The summed E-state index contributed by atoms with van der Waals surface area (Å²) in [6.45, 7) is 2.94. The number of aliphatic hydroxyl groups is 1. The van der Waals surface area contributed by atoms with Gasteiger partial charge in [-0.25, -0.2) is 5.43 Å². The average molecular weight is 501 g/mol. The van der Waals surface area contributed by atoms with Gasteiger partial charge >= 0.3 is 0 Å². The molecule has 6 rings (SSSR count). The summed E-state index contributed by atoms with van der Waals surface area (Å²) >= 11 is 0. The van der Waals surface area contributed by atoms with E-state index in [9.17, 15) is 14.7 Å². The van der Waals surface area contributed by atoms with Crippen molar-refractivity contribution in [1.82, 2.24) is 20.7 Å². The Morgan fingerprint density at radius 3 is 2.35 bits per heavy atom. The molecule has 0 atom stereocenters. The van der Waals surface area contributed by atoms with Crippen LogP contribution in [0.2, 0.25) is 0 Å². The van der Waals surface area contributed by atoms with Crippen LogP contribution in [0.1, 0.15) is 55.3 Å². The summed E-state index contributed by atoms with van der Waals surface area (Å²) in [7, 11) is 0. The topological polar surface area (TPSA) is 84.9 Å². The van der Waals surface area contributed by atoms with E-state index >= 15 is 0 Å². The van der Waals surface area contributed by atoms with Crippen LogP contribution in [-0.4, -0.2) is 65.0 Å². The first-order valence-corrected chi connectivity index (χ1v) is 13.7. The lowest BCUT2D eigenvalue weighted by atomic mass is 10.0. The first-order chi connectivity index (χ1) is 18.0. The van der Waals surface area contributed by atoms with Gasteiger partial charge in [-0.1, -0.05) is 30.3 Å². The van der Waals surface area contributed by atoms with Gasteiger partial charge in [0, 0.05) is 49.2 Å². The lowest BCUT2D eigenvalue weighted by Gasteiger charge is -2.35. The van der Waals surface area contributed by atoms with Gasteiger partial charge in [0.15, 0.2) is 0 Å². The molecule has 4 aliphatic rings. The summed E-state index contributed by atoms with van der Waals surface area (Å²) < 4.78 is 0. The first-order valence-electron chi connectivity index (χ1n) is 13.7. The molecule has 7 nitrogen and oxygen atoms in total. The van der Waals surface area contributed by atoms with E-state index in [0.29, 0.717) is 44.6 Å². The largest absolute Gasteiger partial charge is 0.380 e. The molecule has 3 N–H and O–H groups in total. The number of fused-ring (bicyclic) bond motifs is 1. The number of hydrogen-bond donors (Lipinski definition) is 3. The van der Waals surface area contributed by atoms with Crippen molar-refractivity contribution in [2.45, 2.75) is 50.5 Å². The maximum Gasteiger partial charge on any atom is 0.254 e. The highest BCUT2D eigenvalue weighted by molar-refractivity contribution is 5.95. The van der Waals surface area contributed by atoms with Gasteiger partial charge in [-0.05, 0) is 85.4 Å². The number of hydrogen-bond acceptors (Lipinski definition) is 5. The lowest BCUT2D eigenvalue weighted by molar-refractivity contribution is -0.143. The molecule has 0 radical (unpaired) electrons. The Hall–Kier alpha value is -3.16. The number of hydrazine groups is 1. The number of carbonyl (C=O) groups excluding carboxylic acids is 2. The van der Waals surface area contributed by atoms with E-state index in [1.54, 1.807) is 9.80 Å². The normalized spacial score (nSPS) is 20.5. The molecule has 0 spiro atoms. The summed E-state index contributed by atoms with van der Waals surface area (Å²) in [4.78, 5) is 29.0. The van der Waals surface area contributed by atoms with Crippen LogP contribution in [-0.2, 0) is 4.79 Å². The molecule has 2 aromatic rings. The Kier molecular flexibility index (Phi) is 6.51. The highest BCUT2D eigenvalue weighted by atomic mass is 16.3. The fourth-order valence-electron chi connectivity index (χ4n) is 5.33. The molecule has 2 aromatic carbocycles. The molecule has 3 aliphatic carbocycles. The Morgan fingerprint density at radius 1 is 0.946 bits per heavy atom. The Labute approximate surface area is 217 Å². The zero-order valence-electron chi connectivity index (χ0n) is 21.3. The summed E-state index contributed by atoms with van der Waals surface area (Å²) in [6, 6.07) is 14.5. The summed E-state index contributed by atoms with van der Waals surface area (Å²) in [6.07, 6.45) is 9.33. The summed E-state index contributed by atoms with van der Waals surface area (Å²) in [5.74, 6) is 0.623. The molecular formula is C30H36N4O3. The maximum atomic E-state index is 13.1. The zero-order chi connectivity index (χ0) is 25.4. The molecule has 1 heterocycles. The second kappa shape index (κ2) is 9.95. The minimum atomic E-state index is -1.14. The third-order valence-electron chi connectivity index (χ3n) is 8.14. The third-order valence-corrected chi connectivity index (χ3v) is 8.14. The molecule has 0 aromatic heterocycles. The van der Waals surface area contributed by atoms with E-state index in [1.165, 1.54) is 29.0 Å². The van der Waals surface area contributed by atoms with Gasteiger partial charge in [0.2, 0.25) is 0 Å². The fraction of sp³-hybridized carbons (Fsp3) is 0.467. The predicted molar refractivity (Wildman–Crippen MR) is 143 cm³/mol. The second-order valence-corrected chi connectivity index (χ2v) is 11.0. The van der Waals surface area contributed by atoms with Crippen molar-refractivity contribution in [2.75, 3.05) is 32.7 Å². The van der Waals surface area contributed by atoms with Crippen molar-refractivity contribution >= 4 is 23.6 Å².